The molecule has 1 aromatic heterocycles. The summed E-state index contributed by atoms with van der Waals surface area (Å²) in [6.45, 7) is 0. The van der Waals surface area contributed by atoms with Gasteiger partial charge in [0.2, 0.25) is 5.96 Å². The molecule has 11 heteroatoms. The molecule has 0 radical (unpaired) electrons. The number of sulfonamides is 1. The predicted molar refractivity (Wildman–Crippen MR) is 84.1 cm³/mol. The number of H-pyrrole nitrogens is 1. The minimum absolute atomic E-state index is 0.0535. The molecule has 0 saturated heterocycles. The zero-order chi connectivity index (χ0) is 16.3. The van der Waals surface area contributed by atoms with E-state index in [0.717, 1.165) is 0 Å². The number of rotatable bonds is 4. The fraction of sp³-hybridized carbons (Fsp3) is 0. The highest BCUT2D eigenvalue weighted by Crippen LogP contribution is 2.19. The second-order valence-electron chi connectivity index (χ2n) is 4.18. The third-order valence-corrected chi connectivity index (χ3v) is 3.88. The smallest absolute Gasteiger partial charge is 0.285 e. The van der Waals surface area contributed by atoms with Gasteiger partial charge in [-0.05, 0) is 24.3 Å². The Morgan fingerprint density at radius 2 is 1.82 bits per heavy atom. The number of nitrogens with zero attached hydrogens (tertiary/aromatic N) is 3. The van der Waals surface area contributed by atoms with E-state index in [9.17, 15) is 8.42 Å². The SMILES string of the molecule is NC(N)=NS(=O)(=O)c1ccc(N=Cc2c(N)n[nH]c2N)cc1. The molecule has 0 spiro atoms. The van der Waals surface area contributed by atoms with E-state index in [2.05, 4.69) is 19.6 Å². The molecule has 2 aromatic rings. The predicted octanol–water partition coefficient (Wildman–Crippen LogP) is -0.713. The number of nitrogens with two attached hydrogens (primary N) is 4. The molecule has 2 rings (SSSR count). The molecule has 22 heavy (non-hydrogen) atoms. The topological polar surface area (TPSA) is 192 Å². The highest BCUT2D eigenvalue weighted by atomic mass is 32.2. The second kappa shape index (κ2) is 5.73. The summed E-state index contributed by atoms with van der Waals surface area (Å²) in [7, 11) is -3.92. The van der Waals surface area contributed by atoms with Crippen molar-refractivity contribution in [2.45, 2.75) is 4.90 Å². The van der Waals surface area contributed by atoms with E-state index >= 15 is 0 Å². The van der Waals surface area contributed by atoms with Crippen LogP contribution in [0.3, 0.4) is 0 Å². The molecule has 1 heterocycles. The number of aromatic nitrogens is 2. The van der Waals surface area contributed by atoms with Gasteiger partial charge in [-0.1, -0.05) is 0 Å². The summed E-state index contributed by atoms with van der Waals surface area (Å²) in [6.07, 6.45) is 1.42. The lowest BCUT2D eigenvalue weighted by Gasteiger charge is -2.00. The molecule has 9 N–H and O–H groups in total. The lowest BCUT2D eigenvalue weighted by Crippen LogP contribution is -2.24. The molecule has 0 fully saturated rings. The van der Waals surface area contributed by atoms with Crippen molar-refractivity contribution < 1.29 is 8.42 Å². The number of nitrogens with one attached hydrogen (secondary N) is 1. The lowest BCUT2D eigenvalue weighted by atomic mass is 10.3. The first-order valence-electron chi connectivity index (χ1n) is 5.89. The maximum atomic E-state index is 11.8. The van der Waals surface area contributed by atoms with Crippen LogP contribution < -0.4 is 22.9 Å². The van der Waals surface area contributed by atoms with Crippen LogP contribution in [0.2, 0.25) is 0 Å². The summed E-state index contributed by atoms with van der Waals surface area (Å²) in [5, 5.41) is 6.24. The average molecular weight is 322 g/mol. The highest BCUT2D eigenvalue weighted by molar-refractivity contribution is 7.90. The molecule has 0 unspecified atom stereocenters. The fourth-order valence-corrected chi connectivity index (χ4v) is 2.41. The number of hydrogen-bond acceptors (Lipinski definition) is 6. The summed E-state index contributed by atoms with van der Waals surface area (Å²) in [5.74, 6) is -0.0329. The number of aromatic amines is 1. The molecule has 0 bridgehead atoms. The highest BCUT2D eigenvalue weighted by Gasteiger charge is 2.12. The molecule has 0 aliphatic carbocycles. The largest absolute Gasteiger partial charge is 0.383 e. The minimum atomic E-state index is -3.92. The molecule has 10 nitrogen and oxygen atoms in total. The molecule has 1 aromatic carbocycles. The summed E-state index contributed by atoms with van der Waals surface area (Å²) in [4.78, 5) is 4.08. The second-order valence-corrected chi connectivity index (χ2v) is 5.78. The van der Waals surface area contributed by atoms with Gasteiger partial charge in [0.1, 0.15) is 5.82 Å². The average Bonchev–Trinajstić information content (AvgIpc) is 2.75. The molecular weight excluding hydrogens is 308 g/mol. The van der Waals surface area contributed by atoms with Crippen LogP contribution >= 0.6 is 0 Å². The Hall–Kier alpha value is -3.08. The van der Waals surface area contributed by atoms with Gasteiger partial charge in [0.25, 0.3) is 10.0 Å². The van der Waals surface area contributed by atoms with Gasteiger partial charge in [0, 0.05) is 6.21 Å². The van der Waals surface area contributed by atoms with Crippen molar-refractivity contribution >= 4 is 39.5 Å². The number of hydrogen-bond donors (Lipinski definition) is 5. The number of benzene rings is 1. The Kier molecular flexibility index (Phi) is 3.99. The van der Waals surface area contributed by atoms with E-state index in [-0.39, 0.29) is 16.5 Å². The van der Waals surface area contributed by atoms with Crippen molar-refractivity contribution in [3.63, 3.8) is 0 Å². The number of aliphatic imine (C=N–C) groups is 1. The van der Waals surface area contributed by atoms with Crippen LogP contribution in [0, 0.1) is 0 Å². The summed E-state index contributed by atoms with van der Waals surface area (Å²) < 4.78 is 26.7. The fourth-order valence-electron chi connectivity index (χ4n) is 1.55. The standard InChI is InChI=1S/C11H14N8O2S/c12-9-8(10(13)18-17-9)5-16-6-1-3-7(4-2-6)22(20,21)19-11(14)15/h1-5H,(H4,14,15,19)(H5,12,13,17,18). The zero-order valence-electron chi connectivity index (χ0n) is 11.3. The molecule has 116 valence electrons. The van der Waals surface area contributed by atoms with Crippen molar-refractivity contribution in [2.24, 2.45) is 20.9 Å². The first-order chi connectivity index (χ1) is 10.3. The van der Waals surface area contributed by atoms with Gasteiger partial charge in [0.05, 0.1) is 16.1 Å². The molecule has 0 saturated carbocycles. The van der Waals surface area contributed by atoms with Gasteiger partial charge in [-0.25, -0.2) is 0 Å². The van der Waals surface area contributed by atoms with Crippen molar-refractivity contribution in [3.8, 4) is 0 Å². The Bertz CT molecular complexity index is 812. The van der Waals surface area contributed by atoms with Crippen molar-refractivity contribution in [1.29, 1.82) is 0 Å². The van der Waals surface area contributed by atoms with Gasteiger partial charge in [-0.2, -0.15) is 13.5 Å². The molecule has 0 aliphatic heterocycles. The zero-order valence-corrected chi connectivity index (χ0v) is 12.1. The quantitative estimate of drug-likeness (QED) is 0.362. The maximum absolute atomic E-state index is 11.8. The third kappa shape index (κ3) is 3.32. The first-order valence-corrected chi connectivity index (χ1v) is 7.33. The Balaban J connectivity index is 2.25. The Labute approximate surface area is 126 Å². The van der Waals surface area contributed by atoms with Gasteiger partial charge in [0.15, 0.2) is 5.82 Å². The van der Waals surface area contributed by atoms with Gasteiger partial charge >= 0.3 is 0 Å². The van der Waals surface area contributed by atoms with Crippen molar-refractivity contribution in [1.82, 2.24) is 10.2 Å². The molecular formula is C11H14N8O2S. The van der Waals surface area contributed by atoms with Crippen LogP contribution in [0.1, 0.15) is 5.56 Å². The normalized spacial score (nSPS) is 11.6. The number of nitrogen functional groups attached to an aromatic ring is 2. The van der Waals surface area contributed by atoms with Crippen molar-refractivity contribution in [2.75, 3.05) is 11.5 Å². The van der Waals surface area contributed by atoms with Crippen LogP contribution in [0.15, 0.2) is 38.6 Å². The maximum Gasteiger partial charge on any atom is 0.285 e. The van der Waals surface area contributed by atoms with Crippen LogP contribution in [0.25, 0.3) is 0 Å². The van der Waals surface area contributed by atoms with E-state index < -0.39 is 16.0 Å². The number of anilines is 2. The number of guanidine groups is 1. The molecule has 0 amide bonds. The first kappa shape index (κ1) is 15.3. The Morgan fingerprint density at radius 1 is 1.18 bits per heavy atom. The van der Waals surface area contributed by atoms with Gasteiger partial charge in [-0.3, -0.25) is 10.1 Å². The summed E-state index contributed by atoms with van der Waals surface area (Å²) in [5.41, 5.74) is 22.3. The Morgan fingerprint density at radius 3 is 2.32 bits per heavy atom. The van der Waals surface area contributed by atoms with Crippen LogP contribution in [-0.2, 0) is 10.0 Å². The van der Waals surface area contributed by atoms with Gasteiger partial charge < -0.3 is 22.9 Å². The van der Waals surface area contributed by atoms with Crippen molar-refractivity contribution in [3.05, 3.63) is 29.8 Å². The monoisotopic (exact) mass is 322 g/mol. The van der Waals surface area contributed by atoms with Crippen LogP contribution in [-0.4, -0.2) is 30.8 Å². The minimum Gasteiger partial charge on any atom is -0.383 e. The summed E-state index contributed by atoms with van der Waals surface area (Å²) in [6, 6.07) is 5.63. The van der Waals surface area contributed by atoms with E-state index in [1.54, 1.807) is 0 Å². The van der Waals surface area contributed by atoms with Crippen LogP contribution in [0.5, 0.6) is 0 Å². The van der Waals surface area contributed by atoms with E-state index in [0.29, 0.717) is 11.3 Å². The van der Waals surface area contributed by atoms with E-state index in [1.807, 2.05) is 0 Å². The van der Waals surface area contributed by atoms with E-state index in [4.69, 9.17) is 22.9 Å². The molecule has 0 atom stereocenters. The lowest BCUT2D eigenvalue weighted by molar-refractivity contribution is 0.598. The summed E-state index contributed by atoms with van der Waals surface area (Å²) >= 11 is 0. The van der Waals surface area contributed by atoms with Gasteiger partial charge in [-0.15, -0.1) is 4.40 Å². The van der Waals surface area contributed by atoms with Crippen LogP contribution in [0.4, 0.5) is 17.3 Å². The third-order valence-electron chi connectivity index (χ3n) is 2.57. The molecule has 0 aliphatic rings. The van der Waals surface area contributed by atoms with E-state index in [1.165, 1.54) is 30.5 Å².